The molecule has 4 nitrogen and oxygen atoms in total. The van der Waals surface area contributed by atoms with Gasteiger partial charge in [-0.05, 0) is 36.1 Å². The van der Waals surface area contributed by atoms with Crippen LogP contribution >= 0.6 is 11.8 Å². The third kappa shape index (κ3) is 4.03. The number of nitriles is 1. The van der Waals surface area contributed by atoms with Crippen molar-refractivity contribution in [2.45, 2.75) is 11.4 Å². The van der Waals surface area contributed by atoms with Crippen molar-refractivity contribution in [1.82, 2.24) is 4.90 Å². The van der Waals surface area contributed by atoms with Gasteiger partial charge in [-0.1, -0.05) is 24.3 Å². The van der Waals surface area contributed by atoms with Gasteiger partial charge < -0.3 is 10.2 Å². The van der Waals surface area contributed by atoms with Crippen LogP contribution in [0.4, 0.5) is 10.5 Å². The molecule has 0 aliphatic rings. The lowest BCUT2D eigenvalue weighted by Gasteiger charge is -2.19. The molecule has 112 valence electrons. The van der Waals surface area contributed by atoms with Crippen molar-refractivity contribution in [2.24, 2.45) is 0 Å². The Morgan fingerprint density at radius 3 is 2.55 bits per heavy atom. The van der Waals surface area contributed by atoms with Crippen LogP contribution in [0.15, 0.2) is 53.4 Å². The number of benzene rings is 2. The SMILES string of the molecule is CSc1ccccc1NC(=O)N(C)Cc1ccc(C#N)cc1. The molecular formula is C17H17N3OS. The van der Waals surface area contributed by atoms with E-state index < -0.39 is 0 Å². The molecule has 0 aliphatic carbocycles. The Hall–Kier alpha value is -2.45. The Bertz CT molecular complexity index is 692. The summed E-state index contributed by atoms with van der Waals surface area (Å²) in [6.07, 6.45) is 1.98. The van der Waals surface area contributed by atoms with Crippen LogP contribution in [0.1, 0.15) is 11.1 Å². The molecule has 0 spiro atoms. The molecule has 0 unspecified atom stereocenters. The predicted molar refractivity (Wildman–Crippen MR) is 89.9 cm³/mol. The molecule has 5 heteroatoms. The number of carbonyl (C=O) groups excluding carboxylic acids is 1. The van der Waals surface area contributed by atoms with E-state index in [4.69, 9.17) is 5.26 Å². The van der Waals surface area contributed by atoms with Gasteiger partial charge in [0.15, 0.2) is 0 Å². The predicted octanol–water partition coefficient (Wildman–Crippen LogP) is 3.94. The molecule has 0 aliphatic heterocycles. The Morgan fingerprint density at radius 1 is 1.23 bits per heavy atom. The van der Waals surface area contributed by atoms with E-state index in [-0.39, 0.29) is 6.03 Å². The van der Waals surface area contributed by atoms with Crippen LogP contribution in [-0.2, 0) is 6.54 Å². The summed E-state index contributed by atoms with van der Waals surface area (Å²) in [5, 5.41) is 11.7. The smallest absolute Gasteiger partial charge is 0.321 e. The van der Waals surface area contributed by atoms with Gasteiger partial charge in [0.1, 0.15) is 0 Å². The first-order valence-electron chi connectivity index (χ1n) is 6.78. The number of anilines is 1. The van der Waals surface area contributed by atoms with Gasteiger partial charge >= 0.3 is 6.03 Å². The first-order chi connectivity index (χ1) is 10.6. The molecule has 2 amide bonds. The first-order valence-corrected chi connectivity index (χ1v) is 8.00. The van der Waals surface area contributed by atoms with Crippen molar-refractivity contribution in [3.63, 3.8) is 0 Å². The van der Waals surface area contributed by atoms with Gasteiger partial charge in [0.05, 0.1) is 17.3 Å². The fraction of sp³-hybridized carbons (Fsp3) is 0.176. The van der Waals surface area contributed by atoms with E-state index in [0.29, 0.717) is 12.1 Å². The highest BCUT2D eigenvalue weighted by Gasteiger charge is 2.11. The molecule has 2 rings (SSSR count). The lowest BCUT2D eigenvalue weighted by atomic mass is 10.1. The van der Waals surface area contributed by atoms with Crippen LogP contribution in [0.5, 0.6) is 0 Å². The number of carbonyl (C=O) groups is 1. The minimum absolute atomic E-state index is 0.161. The van der Waals surface area contributed by atoms with Crippen molar-refractivity contribution in [1.29, 1.82) is 5.26 Å². The number of urea groups is 1. The summed E-state index contributed by atoms with van der Waals surface area (Å²) in [7, 11) is 1.75. The summed E-state index contributed by atoms with van der Waals surface area (Å²) >= 11 is 1.59. The summed E-state index contributed by atoms with van der Waals surface area (Å²) < 4.78 is 0. The quantitative estimate of drug-likeness (QED) is 0.870. The highest BCUT2D eigenvalue weighted by atomic mass is 32.2. The molecule has 22 heavy (non-hydrogen) atoms. The monoisotopic (exact) mass is 311 g/mol. The van der Waals surface area contributed by atoms with Gasteiger partial charge in [-0.2, -0.15) is 5.26 Å². The standard InChI is InChI=1S/C17H17N3OS/c1-20(12-14-9-7-13(11-18)8-10-14)17(21)19-15-5-3-4-6-16(15)22-2/h3-10H,12H2,1-2H3,(H,19,21). The average Bonchev–Trinajstić information content (AvgIpc) is 2.56. The van der Waals surface area contributed by atoms with Gasteiger partial charge in [0.25, 0.3) is 0 Å². The molecule has 0 radical (unpaired) electrons. The van der Waals surface area contributed by atoms with E-state index in [1.165, 1.54) is 0 Å². The van der Waals surface area contributed by atoms with E-state index in [1.54, 1.807) is 35.8 Å². The third-order valence-electron chi connectivity index (χ3n) is 3.20. The lowest BCUT2D eigenvalue weighted by Crippen LogP contribution is -2.31. The maximum absolute atomic E-state index is 12.3. The zero-order valence-corrected chi connectivity index (χ0v) is 13.4. The zero-order valence-electron chi connectivity index (χ0n) is 12.5. The number of thioether (sulfide) groups is 1. The maximum Gasteiger partial charge on any atom is 0.321 e. The molecular weight excluding hydrogens is 294 g/mol. The van der Waals surface area contributed by atoms with Gasteiger partial charge in [-0.3, -0.25) is 0 Å². The van der Waals surface area contributed by atoms with Crippen molar-refractivity contribution in [3.8, 4) is 6.07 Å². The largest absolute Gasteiger partial charge is 0.323 e. The molecule has 0 atom stereocenters. The minimum atomic E-state index is -0.161. The third-order valence-corrected chi connectivity index (χ3v) is 3.99. The lowest BCUT2D eigenvalue weighted by molar-refractivity contribution is 0.220. The molecule has 0 saturated heterocycles. The number of rotatable bonds is 4. The van der Waals surface area contributed by atoms with Crippen LogP contribution in [-0.4, -0.2) is 24.2 Å². The number of hydrogen-bond acceptors (Lipinski definition) is 3. The average molecular weight is 311 g/mol. The van der Waals surface area contributed by atoms with E-state index in [1.807, 2.05) is 42.7 Å². The number of para-hydroxylation sites is 1. The Labute approximate surface area is 134 Å². The van der Waals surface area contributed by atoms with Crippen LogP contribution in [0.2, 0.25) is 0 Å². The zero-order chi connectivity index (χ0) is 15.9. The molecule has 1 N–H and O–H groups in total. The van der Waals surface area contributed by atoms with Crippen LogP contribution in [0.25, 0.3) is 0 Å². The van der Waals surface area contributed by atoms with E-state index in [0.717, 1.165) is 16.1 Å². The maximum atomic E-state index is 12.3. The highest BCUT2D eigenvalue weighted by Crippen LogP contribution is 2.24. The summed E-state index contributed by atoms with van der Waals surface area (Å²) in [4.78, 5) is 14.9. The van der Waals surface area contributed by atoms with Crippen molar-refractivity contribution < 1.29 is 4.79 Å². The molecule has 0 heterocycles. The number of amides is 2. The Kier molecular flexibility index (Phi) is 5.45. The van der Waals surface area contributed by atoms with Crippen molar-refractivity contribution in [2.75, 3.05) is 18.6 Å². The van der Waals surface area contributed by atoms with Crippen molar-refractivity contribution in [3.05, 3.63) is 59.7 Å². The molecule has 2 aromatic carbocycles. The van der Waals surface area contributed by atoms with Gasteiger partial charge in [0.2, 0.25) is 0 Å². The number of nitrogens with one attached hydrogen (secondary N) is 1. The molecule has 0 bridgehead atoms. The van der Waals surface area contributed by atoms with Crippen LogP contribution in [0, 0.1) is 11.3 Å². The second-order valence-electron chi connectivity index (χ2n) is 4.80. The fourth-order valence-corrected chi connectivity index (χ4v) is 2.54. The van der Waals surface area contributed by atoms with Crippen LogP contribution < -0.4 is 5.32 Å². The normalized spacial score (nSPS) is 9.86. The Balaban J connectivity index is 2.01. The highest BCUT2D eigenvalue weighted by molar-refractivity contribution is 7.98. The topological polar surface area (TPSA) is 56.1 Å². The van der Waals surface area contributed by atoms with Gasteiger partial charge in [0, 0.05) is 18.5 Å². The first kappa shape index (κ1) is 15.9. The summed E-state index contributed by atoms with van der Waals surface area (Å²) in [5.41, 5.74) is 2.41. The van der Waals surface area contributed by atoms with E-state index >= 15 is 0 Å². The Morgan fingerprint density at radius 2 is 1.91 bits per heavy atom. The van der Waals surface area contributed by atoms with Crippen molar-refractivity contribution >= 4 is 23.5 Å². The van der Waals surface area contributed by atoms with E-state index in [9.17, 15) is 4.79 Å². The summed E-state index contributed by atoms with van der Waals surface area (Å²) in [5.74, 6) is 0. The van der Waals surface area contributed by atoms with Crippen LogP contribution in [0.3, 0.4) is 0 Å². The van der Waals surface area contributed by atoms with E-state index in [2.05, 4.69) is 11.4 Å². The molecule has 0 aromatic heterocycles. The number of nitrogens with zero attached hydrogens (tertiary/aromatic N) is 2. The summed E-state index contributed by atoms with van der Waals surface area (Å²) in [6, 6.07) is 16.9. The van der Waals surface area contributed by atoms with Gasteiger partial charge in [-0.15, -0.1) is 11.8 Å². The summed E-state index contributed by atoms with van der Waals surface area (Å²) in [6.45, 7) is 0.485. The second-order valence-corrected chi connectivity index (χ2v) is 5.64. The number of hydrogen-bond donors (Lipinski definition) is 1. The van der Waals surface area contributed by atoms with Gasteiger partial charge in [-0.25, -0.2) is 4.79 Å². The second kappa shape index (κ2) is 7.53. The minimum Gasteiger partial charge on any atom is -0.323 e. The molecule has 2 aromatic rings. The molecule has 0 saturated carbocycles. The molecule has 0 fully saturated rings. The fourth-order valence-electron chi connectivity index (χ4n) is 1.99.